The molecule has 2 atom stereocenters. The number of benzene rings is 1. The maximum Gasteiger partial charge on any atom is 0.306 e. The third kappa shape index (κ3) is 3.22. The van der Waals surface area contributed by atoms with Crippen molar-refractivity contribution in [2.75, 3.05) is 6.54 Å². The molecule has 7 heteroatoms. The van der Waals surface area contributed by atoms with Gasteiger partial charge >= 0.3 is 5.97 Å². The molecule has 0 amide bonds. The van der Waals surface area contributed by atoms with Gasteiger partial charge < -0.3 is 5.11 Å². The summed E-state index contributed by atoms with van der Waals surface area (Å²) in [6.45, 7) is 3.67. The molecule has 2 rings (SSSR count). The molecule has 116 valence electrons. The molecule has 0 aliphatic carbocycles. The van der Waals surface area contributed by atoms with Crippen LogP contribution in [0.3, 0.4) is 0 Å². The molecule has 0 radical (unpaired) electrons. The number of piperidine rings is 1. The smallest absolute Gasteiger partial charge is 0.306 e. The second kappa shape index (κ2) is 5.94. The Labute approximate surface area is 129 Å². The van der Waals surface area contributed by atoms with E-state index >= 15 is 0 Å². The number of aryl methyl sites for hydroxylation is 1. The van der Waals surface area contributed by atoms with Gasteiger partial charge in [-0.15, -0.1) is 0 Å². The molecule has 1 aliphatic heterocycles. The second-order valence-corrected chi connectivity index (χ2v) is 7.73. The fourth-order valence-corrected chi connectivity index (χ4v) is 4.85. The first-order chi connectivity index (χ1) is 9.73. The van der Waals surface area contributed by atoms with Gasteiger partial charge in [0, 0.05) is 17.6 Å². The van der Waals surface area contributed by atoms with Gasteiger partial charge in [0.05, 0.1) is 10.8 Å². The zero-order valence-electron chi connectivity index (χ0n) is 11.9. The molecular weight excluding hydrogens is 314 g/mol. The van der Waals surface area contributed by atoms with Crippen molar-refractivity contribution in [1.82, 2.24) is 4.31 Å². The Morgan fingerprint density at radius 2 is 2.10 bits per heavy atom. The van der Waals surface area contributed by atoms with Crippen molar-refractivity contribution >= 4 is 27.6 Å². The number of halogens is 1. The van der Waals surface area contributed by atoms with Crippen molar-refractivity contribution in [2.45, 2.75) is 37.6 Å². The van der Waals surface area contributed by atoms with E-state index in [4.69, 9.17) is 16.7 Å². The van der Waals surface area contributed by atoms with Gasteiger partial charge in [0.1, 0.15) is 0 Å². The Bertz CT molecular complexity index is 659. The van der Waals surface area contributed by atoms with Crippen LogP contribution in [0.1, 0.15) is 25.3 Å². The normalized spacial score (nSPS) is 24.0. The van der Waals surface area contributed by atoms with E-state index in [0.29, 0.717) is 23.4 Å². The summed E-state index contributed by atoms with van der Waals surface area (Å²) in [5.74, 6) is -1.33. The lowest BCUT2D eigenvalue weighted by molar-refractivity contribution is -0.143. The number of nitrogens with zero attached hydrogens (tertiary/aromatic N) is 1. The highest BCUT2D eigenvalue weighted by molar-refractivity contribution is 7.89. The van der Waals surface area contributed by atoms with Gasteiger partial charge in [-0.2, -0.15) is 4.31 Å². The first-order valence-corrected chi connectivity index (χ1v) is 8.56. The highest BCUT2D eigenvalue weighted by Gasteiger charge is 2.37. The zero-order valence-corrected chi connectivity index (χ0v) is 13.5. The maximum absolute atomic E-state index is 12.7. The van der Waals surface area contributed by atoms with Crippen LogP contribution in [0.5, 0.6) is 0 Å². The quantitative estimate of drug-likeness (QED) is 0.923. The molecule has 1 heterocycles. The van der Waals surface area contributed by atoms with Crippen molar-refractivity contribution in [3.63, 3.8) is 0 Å². The summed E-state index contributed by atoms with van der Waals surface area (Å²) < 4.78 is 26.9. The van der Waals surface area contributed by atoms with E-state index in [9.17, 15) is 13.2 Å². The minimum absolute atomic E-state index is 0.225. The minimum atomic E-state index is -3.63. The molecule has 1 aromatic carbocycles. The molecule has 1 fully saturated rings. The predicted molar refractivity (Wildman–Crippen MR) is 79.9 cm³/mol. The molecule has 1 N–H and O–H groups in total. The van der Waals surface area contributed by atoms with Crippen LogP contribution in [-0.4, -0.2) is 36.4 Å². The van der Waals surface area contributed by atoms with E-state index in [1.165, 1.54) is 10.4 Å². The van der Waals surface area contributed by atoms with E-state index in [1.54, 1.807) is 26.0 Å². The molecule has 5 nitrogen and oxygen atoms in total. The molecule has 0 bridgehead atoms. The number of hydrogen-bond acceptors (Lipinski definition) is 3. The molecule has 1 saturated heterocycles. The zero-order chi connectivity index (χ0) is 15.8. The van der Waals surface area contributed by atoms with E-state index in [0.717, 1.165) is 0 Å². The Kier molecular flexibility index (Phi) is 4.60. The number of hydrogen-bond donors (Lipinski definition) is 1. The van der Waals surface area contributed by atoms with Crippen LogP contribution >= 0.6 is 11.6 Å². The number of carboxylic acids is 1. The Morgan fingerprint density at radius 3 is 2.62 bits per heavy atom. The summed E-state index contributed by atoms with van der Waals surface area (Å²) in [4.78, 5) is 11.3. The lowest BCUT2D eigenvalue weighted by Crippen LogP contribution is -2.46. The van der Waals surface area contributed by atoms with Gasteiger partial charge in [0.25, 0.3) is 0 Å². The molecule has 0 aromatic heterocycles. The fourth-order valence-electron chi connectivity index (χ4n) is 2.76. The first kappa shape index (κ1) is 16.3. The fraction of sp³-hybridized carbons (Fsp3) is 0.500. The van der Waals surface area contributed by atoms with Crippen molar-refractivity contribution < 1.29 is 18.3 Å². The summed E-state index contributed by atoms with van der Waals surface area (Å²) in [6, 6.07) is 4.34. The highest BCUT2D eigenvalue weighted by Crippen LogP contribution is 2.30. The molecule has 0 spiro atoms. The summed E-state index contributed by atoms with van der Waals surface area (Å²) in [7, 11) is -3.63. The van der Waals surface area contributed by atoms with Crippen molar-refractivity contribution in [3.05, 3.63) is 28.8 Å². The lowest BCUT2D eigenvalue weighted by atomic mass is 9.93. The number of carbonyl (C=O) groups is 1. The summed E-state index contributed by atoms with van der Waals surface area (Å²) in [6.07, 6.45) is 0.673. The molecule has 0 saturated carbocycles. The number of sulfonamides is 1. The predicted octanol–water partition coefficient (Wildman–Crippen LogP) is 2.52. The van der Waals surface area contributed by atoms with Crippen molar-refractivity contribution in [3.8, 4) is 0 Å². The van der Waals surface area contributed by atoms with Crippen LogP contribution in [0, 0.1) is 12.8 Å². The SMILES string of the molecule is Cc1cc(Cl)ccc1S(=O)(=O)N1CCC(C(=O)O)CC1C. The lowest BCUT2D eigenvalue weighted by Gasteiger charge is -2.35. The average Bonchev–Trinajstić information content (AvgIpc) is 2.37. The van der Waals surface area contributed by atoms with E-state index in [-0.39, 0.29) is 17.5 Å². The molecular formula is C14H18ClNO4S. The molecule has 1 aromatic rings. The highest BCUT2D eigenvalue weighted by atomic mass is 35.5. The molecule has 1 aliphatic rings. The Balaban J connectivity index is 2.30. The minimum Gasteiger partial charge on any atom is -0.481 e. The van der Waals surface area contributed by atoms with Gasteiger partial charge in [0.2, 0.25) is 10.0 Å². The largest absolute Gasteiger partial charge is 0.481 e. The van der Waals surface area contributed by atoms with Gasteiger partial charge in [-0.3, -0.25) is 4.79 Å². The Hall–Kier alpha value is -1.11. The number of aliphatic carboxylic acids is 1. The monoisotopic (exact) mass is 331 g/mol. The maximum atomic E-state index is 12.7. The topological polar surface area (TPSA) is 74.7 Å². The number of carboxylic acid groups (broad SMARTS) is 1. The average molecular weight is 332 g/mol. The first-order valence-electron chi connectivity index (χ1n) is 6.74. The van der Waals surface area contributed by atoms with Crippen LogP contribution in [-0.2, 0) is 14.8 Å². The van der Waals surface area contributed by atoms with Gasteiger partial charge in [-0.25, -0.2) is 8.42 Å². The standard InChI is InChI=1S/C14H18ClNO4S/c1-9-7-12(15)3-4-13(9)21(19,20)16-6-5-11(14(17)18)8-10(16)2/h3-4,7,10-11H,5-6,8H2,1-2H3,(H,17,18). The van der Waals surface area contributed by atoms with Gasteiger partial charge in [-0.1, -0.05) is 11.6 Å². The Morgan fingerprint density at radius 1 is 1.43 bits per heavy atom. The number of rotatable bonds is 3. The van der Waals surface area contributed by atoms with Crippen LogP contribution < -0.4 is 0 Å². The van der Waals surface area contributed by atoms with Crippen LogP contribution in [0.4, 0.5) is 0 Å². The molecule has 21 heavy (non-hydrogen) atoms. The third-order valence-electron chi connectivity index (χ3n) is 3.89. The van der Waals surface area contributed by atoms with Gasteiger partial charge in [-0.05, 0) is 50.5 Å². The second-order valence-electron chi connectivity index (χ2n) is 5.43. The van der Waals surface area contributed by atoms with E-state index in [1.807, 2.05) is 0 Å². The van der Waals surface area contributed by atoms with Crippen LogP contribution in [0.15, 0.2) is 23.1 Å². The van der Waals surface area contributed by atoms with Crippen LogP contribution in [0.2, 0.25) is 5.02 Å². The van der Waals surface area contributed by atoms with Crippen molar-refractivity contribution in [1.29, 1.82) is 0 Å². The molecule has 2 unspecified atom stereocenters. The van der Waals surface area contributed by atoms with E-state index < -0.39 is 21.9 Å². The summed E-state index contributed by atoms with van der Waals surface area (Å²) in [5, 5.41) is 9.54. The summed E-state index contributed by atoms with van der Waals surface area (Å²) >= 11 is 5.86. The van der Waals surface area contributed by atoms with Gasteiger partial charge in [0.15, 0.2) is 0 Å². The van der Waals surface area contributed by atoms with E-state index in [2.05, 4.69) is 0 Å². The van der Waals surface area contributed by atoms with Crippen molar-refractivity contribution in [2.24, 2.45) is 5.92 Å². The summed E-state index contributed by atoms with van der Waals surface area (Å²) in [5.41, 5.74) is 0.593. The third-order valence-corrected chi connectivity index (χ3v) is 6.30. The van der Waals surface area contributed by atoms with Crippen LogP contribution in [0.25, 0.3) is 0 Å².